The molecule has 0 aliphatic carbocycles. The lowest BCUT2D eigenvalue weighted by atomic mass is 10.2. The number of hydrogen-bond acceptors (Lipinski definition) is 5. The molecule has 112 valence electrons. The normalized spacial score (nSPS) is 10.4. The number of ether oxygens (including phenoxy) is 1. The van der Waals surface area contributed by atoms with Crippen molar-refractivity contribution in [2.24, 2.45) is 0 Å². The lowest BCUT2D eigenvalue weighted by molar-refractivity contribution is 0.102. The van der Waals surface area contributed by atoms with Crippen LogP contribution in [0, 0.1) is 0 Å². The van der Waals surface area contributed by atoms with Gasteiger partial charge in [-0.05, 0) is 42.3 Å². The Bertz CT molecular complexity index is 579. The smallest absolute Gasteiger partial charge is 0.270 e. The highest BCUT2D eigenvalue weighted by Gasteiger charge is 2.10. The zero-order valence-corrected chi connectivity index (χ0v) is 12.2. The monoisotopic (exact) mass is 289 g/mol. The van der Waals surface area contributed by atoms with Crippen LogP contribution in [0.25, 0.3) is 0 Å². The van der Waals surface area contributed by atoms with E-state index in [2.05, 4.69) is 20.7 Å². The summed E-state index contributed by atoms with van der Waals surface area (Å²) in [5.41, 5.74) is 0.519. The average molecular weight is 289 g/mol. The Balaban J connectivity index is 1.95. The van der Waals surface area contributed by atoms with Crippen LogP contribution in [0.15, 0.2) is 24.3 Å². The molecule has 0 bridgehead atoms. The molecule has 0 fully saturated rings. The van der Waals surface area contributed by atoms with Gasteiger partial charge in [-0.25, -0.2) is 0 Å². The van der Waals surface area contributed by atoms with E-state index in [1.54, 1.807) is 24.3 Å². The molecule has 21 heavy (non-hydrogen) atoms. The number of nitrogens with zero attached hydrogens (tertiary/aromatic N) is 4. The molecule has 1 amide bonds. The zero-order valence-electron chi connectivity index (χ0n) is 12.2. The molecule has 0 atom stereocenters. The number of aryl methyl sites for hydroxylation is 1. The fourth-order valence-corrected chi connectivity index (χ4v) is 1.68. The maximum absolute atomic E-state index is 12.0. The molecule has 1 aromatic carbocycles. The van der Waals surface area contributed by atoms with Gasteiger partial charge in [-0.3, -0.25) is 10.1 Å². The van der Waals surface area contributed by atoms with Gasteiger partial charge in [0.2, 0.25) is 0 Å². The van der Waals surface area contributed by atoms with Crippen molar-refractivity contribution in [2.45, 2.75) is 33.2 Å². The Kier molecular flexibility index (Phi) is 5.25. The van der Waals surface area contributed by atoms with E-state index in [0.717, 1.165) is 18.6 Å². The summed E-state index contributed by atoms with van der Waals surface area (Å²) in [5.74, 6) is 0.688. The molecule has 1 heterocycles. The summed E-state index contributed by atoms with van der Waals surface area (Å²) >= 11 is 0. The largest absolute Gasteiger partial charge is 0.494 e. The van der Waals surface area contributed by atoms with E-state index >= 15 is 0 Å². The van der Waals surface area contributed by atoms with E-state index in [0.29, 0.717) is 18.7 Å². The molecule has 0 aliphatic heterocycles. The summed E-state index contributed by atoms with van der Waals surface area (Å²) in [4.78, 5) is 13.5. The molecular formula is C14H19N5O2. The van der Waals surface area contributed by atoms with Crippen LogP contribution in [-0.4, -0.2) is 32.7 Å². The van der Waals surface area contributed by atoms with Gasteiger partial charge in [0.05, 0.1) is 13.2 Å². The van der Waals surface area contributed by atoms with Crippen LogP contribution in [0.4, 0.5) is 5.95 Å². The molecule has 0 aliphatic rings. The van der Waals surface area contributed by atoms with Gasteiger partial charge in [-0.15, -0.1) is 5.10 Å². The van der Waals surface area contributed by atoms with E-state index in [-0.39, 0.29) is 11.9 Å². The third-order valence-corrected chi connectivity index (χ3v) is 2.69. The van der Waals surface area contributed by atoms with Crippen LogP contribution in [0.1, 0.15) is 37.0 Å². The molecule has 7 heteroatoms. The van der Waals surface area contributed by atoms with Gasteiger partial charge in [-0.2, -0.15) is 4.80 Å². The number of rotatable bonds is 7. The second-order valence-electron chi connectivity index (χ2n) is 4.54. The molecule has 0 unspecified atom stereocenters. The second kappa shape index (κ2) is 7.37. The van der Waals surface area contributed by atoms with Gasteiger partial charge < -0.3 is 4.74 Å². The first-order valence-corrected chi connectivity index (χ1v) is 7.05. The van der Waals surface area contributed by atoms with Gasteiger partial charge in [0.15, 0.2) is 0 Å². The van der Waals surface area contributed by atoms with Gasteiger partial charge >= 0.3 is 0 Å². The standard InChI is InChI=1S/C14H19N5O2/c1-3-9-19-17-14(16-18-19)15-13(20)11-5-7-12(8-6-11)21-10-4-2/h5-8H,3-4,9-10H2,1-2H3,(H,15,17,20). The number of hydrogen-bond donors (Lipinski definition) is 1. The summed E-state index contributed by atoms with van der Waals surface area (Å²) in [6.07, 6.45) is 1.85. The third kappa shape index (κ3) is 4.27. The molecule has 2 rings (SSSR count). The predicted molar refractivity (Wildman–Crippen MR) is 78.3 cm³/mol. The summed E-state index contributed by atoms with van der Waals surface area (Å²) in [6.45, 7) is 5.40. The summed E-state index contributed by atoms with van der Waals surface area (Å²) in [5, 5.41) is 14.3. The first kappa shape index (κ1) is 15.0. The summed E-state index contributed by atoms with van der Waals surface area (Å²) in [7, 11) is 0. The van der Waals surface area contributed by atoms with E-state index in [4.69, 9.17) is 4.74 Å². The van der Waals surface area contributed by atoms with E-state index in [1.165, 1.54) is 4.80 Å². The number of carbonyl (C=O) groups excluding carboxylic acids is 1. The Morgan fingerprint density at radius 3 is 2.67 bits per heavy atom. The first-order chi connectivity index (χ1) is 10.2. The number of nitrogens with one attached hydrogen (secondary N) is 1. The minimum absolute atomic E-state index is 0.208. The van der Waals surface area contributed by atoms with Crippen molar-refractivity contribution in [1.82, 2.24) is 20.2 Å². The molecular weight excluding hydrogens is 270 g/mol. The predicted octanol–water partition coefficient (Wildman–Crippen LogP) is 2.12. The van der Waals surface area contributed by atoms with Gasteiger partial charge in [0, 0.05) is 5.56 Å². The summed E-state index contributed by atoms with van der Waals surface area (Å²) in [6, 6.07) is 6.95. The van der Waals surface area contributed by atoms with Crippen molar-refractivity contribution < 1.29 is 9.53 Å². The molecule has 7 nitrogen and oxygen atoms in total. The number of carbonyl (C=O) groups is 1. The average Bonchev–Trinajstić information content (AvgIpc) is 2.93. The van der Waals surface area contributed by atoms with Crippen LogP contribution in [0.3, 0.4) is 0 Å². The van der Waals surface area contributed by atoms with Crippen molar-refractivity contribution in [2.75, 3.05) is 11.9 Å². The highest BCUT2D eigenvalue weighted by Crippen LogP contribution is 2.13. The molecule has 0 saturated carbocycles. The van der Waals surface area contributed by atoms with Crippen molar-refractivity contribution >= 4 is 11.9 Å². The van der Waals surface area contributed by atoms with Gasteiger partial charge in [-0.1, -0.05) is 18.9 Å². The highest BCUT2D eigenvalue weighted by atomic mass is 16.5. The maximum Gasteiger partial charge on any atom is 0.270 e. The molecule has 2 aromatic rings. The topological polar surface area (TPSA) is 81.9 Å². The lowest BCUT2D eigenvalue weighted by Crippen LogP contribution is -2.13. The Hall–Kier alpha value is -2.44. The third-order valence-electron chi connectivity index (χ3n) is 2.69. The SMILES string of the molecule is CCCOc1ccc(C(=O)Nc2nnn(CCC)n2)cc1. The van der Waals surface area contributed by atoms with Crippen molar-refractivity contribution in [3.05, 3.63) is 29.8 Å². The minimum Gasteiger partial charge on any atom is -0.494 e. The maximum atomic E-state index is 12.0. The fourth-order valence-electron chi connectivity index (χ4n) is 1.68. The van der Waals surface area contributed by atoms with Crippen molar-refractivity contribution in [3.63, 3.8) is 0 Å². The zero-order chi connectivity index (χ0) is 15.1. The van der Waals surface area contributed by atoms with E-state index in [9.17, 15) is 4.79 Å². The minimum atomic E-state index is -0.270. The quantitative estimate of drug-likeness (QED) is 0.844. The number of amides is 1. The van der Waals surface area contributed by atoms with Gasteiger partial charge in [0.25, 0.3) is 11.9 Å². The van der Waals surface area contributed by atoms with Crippen LogP contribution in [0.5, 0.6) is 5.75 Å². The molecule has 1 aromatic heterocycles. The molecule has 0 radical (unpaired) electrons. The van der Waals surface area contributed by atoms with Crippen LogP contribution < -0.4 is 10.1 Å². The lowest BCUT2D eigenvalue weighted by Gasteiger charge is -2.05. The fraction of sp³-hybridized carbons (Fsp3) is 0.429. The Labute approximate surface area is 123 Å². The number of aromatic nitrogens is 4. The van der Waals surface area contributed by atoms with Gasteiger partial charge in [0.1, 0.15) is 5.75 Å². The number of tetrazole rings is 1. The van der Waals surface area contributed by atoms with Crippen molar-refractivity contribution in [1.29, 1.82) is 0 Å². The van der Waals surface area contributed by atoms with Crippen LogP contribution >= 0.6 is 0 Å². The first-order valence-electron chi connectivity index (χ1n) is 7.05. The second-order valence-corrected chi connectivity index (χ2v) is 4.54. The number of anilines is 1. The van der Waals surface area contributed by atoms with E-state index < -0.39 is 0 Å². The van der Waals surface area contributed by atoms with Crippen LogP contribution in [0.2, 0.25) is 0 Å². The van der Waals surface area contributed by atoms with E-state index in [1.807, 2.05) is 13.8 Å². The van der Waals surface area contributed by atoms with Crippen LogP contribution in [-0.2, 0) is 6.54 Å². The Morgan fingerprint density at radius 2 is 2.00 bits per heavy atom. The molecule has 0 saturated heterocycles. The highest BCUT2D eigenvalue weighted by molar-refractivity contribution is 6.03. The molecule has 0 spiro atoms. The molecule has 1 N–H and O–H groups in total. The number of benzene rings is 1. The Morgan fingerprint density at radius 1 is 1.24 bits per heavy atom. The summed E-state index contributed by atoms with van der Waals surface area (Å²) < 4.78 is 5.47. The van der Waals surface area contributed by atoms with Crippen molar-refractivity contribution in [3.8, 4) is 5.75 Å².